The van der Waals surface area contributed by atoms with Crippen molar-refractivity contribution in [1.82, 2.24) is 4.90 Å². The fourth-order valence-electron chi connectivity index (χ4n) is 3.81. The minimum Gasteiger partial charge on any atom is -0.494 e. The molecule has 2 N–H and O–H groups in total. The fourth-order valence-corrected chi connectivity index (χ4v) is 4.81. The van der Waals surface area contributed by atoms with Crippen molar-refractivity contribution in [3.8, 4) is 5.75 Å². The molecule has 8 nitrogen and oxygen atoms in total. The maximum atomic E-state index is 13.0. The van der Waals surface area contributed by atoms with Crippen LogP contribution in [0.15, 0.2) is 69.6 Å². The second-order valence-electron chi connectivity index (χ2n) is 7.13. The second-order valence-corrected chi connectivity index (χ2v) is 8.74. The van der Waals surface area contributed by atoms with Gasteiger partial charge in [-0.3, -0.25) is 0 Å². The van der Waals surface area contributed by atoms with Crippen molar-refractivity contribution in [3.63, 3.8) is 0 Å². The first-order chi connectivity index (χ1) is 14.9. The molecule has 2 aromatic carbocycles. The Labute approximate surface area is 181 Å². The van der Waals surface area contributed by atoms with Gasteiger partial charge in [0.05, 0.1) is 36.1 Å². The maximum Gasteiger partial charge on any atom is 0.282 e. The van der Waals surface area contributed by atoms with E-state index in [1.807, 2.05) is 6.92 Å². The zero-order chi connectivity index (χ0) is 22.1. The van der Waals surface area contributed by atoms with Crippen LogP contribution in [0.1, 0.15) is 18.1 Å². The van der Waals surface area contributed by atoms with Crippen molar-refractivity contribution >= 4 is 15.7 Å². The zero-order valence-electron chi connectivity index (χ0n) is 17.1. The molecule has 1 heterocycles. The first-order valence-corrected chi connectivity index (χ1v) is 11.4. The van der Waals surface area contributed by atoms with E-state index >= 15 is 0 Å². The van der Waals surface area contributed by atoms with Crippen molar-refractivity contribution in [2.24, 2.45) is 4.40 Å². The van der Waals surface area contributed by atoms with Crippen LogP contribution in [-0.4, -0.2) is 62.2 Å². The van der Waals surface area contributed by atoms with E-state index in [0.29, 0.717) is 35.7 Å². The van der Waals surface area contributed by atoms with Crippen LogP contribution >= 0.6 is 0 Å². The average molecular weight is 445 g/mol. The number of benzene rings is 2. The van der Waals surface area contributed by atoms with Crippen LogP contribution in [0.2, 0.25) is 0 Å². The predicted molar refractivity (Wildman–Crippen MR) is 114 cm³/mol. The average Bonchev–Trinajstić information content (AvgIpc) is 2.76. The van der Waals surface area contributed by atoms with Crippen LogP contribution < -0.4 is 4.74 Å². The van der Waals surface area contributed by atoms with Gasteiger partial charge in [-0.1, -0.05) is 24.3 Å². The molecule has 0 aromatic heterocycles. The van der Waals surface area contributed by atoms with E-state index in [4.69, 9.17) is 9.47 Å². The highest BCUT2D eigenvalue weighted by Crippen LogP contribution is 2.41. The molecule has 31 heavy (non-hydrogen) atoms. The van der Waals surface area contributed by atoms with E-state index in [-0.39, 0.29) is 30.4 Å². The number of rotatable bonds is 6. The van der Waals surface area contributed by atoms with Gasteiger partial charge in [0.25, 0.3) is 10.0 Å². The van der Waals surface area contributed by atoms with Gasteiger partial charge in [-0.25, -0.2) is 0 Å². The van der Waals surface area contributed by atoms with Crippen molar-refractivity contribution in [3.05, 3.63) is 71.4 Å². The molecule has 1 saturated heterocycles. The minimum atomic E-state index is -4.02. The third-order valence-electron chi connectivity index (χ3n) is 5.22. The van der Waals surface area contributed by atoms with E-state index in [1.165, 1.54) is 18.2 Å². The summed E-state index contributed by atoms with van der Waals surface area (Å²) in [6, 6.07) is 12.9. The molecule has 0 amide bonds. The largest absolute Gasteiger partial charge is 0.494 e. The molecular weight excluding hydrogens is 420 g/mol. The number of allylic oxidation sites excluding steroid dienone is 1. The van der Waals surface area contributed by atoms with E-state index < -0.39 is 15.8 Å². The van der Waals surface area contributed by atoms with Crippen LogP contribution in [0, 0.1) is 0 Å². The van der Waals surface area contributed by atoms with Gasteiger partial charge in [-0.15, -0.1) is 0 Å². The molecule has 1 fully saturated rings. The Morgan fingerprint density at radius 3 is 2.65 bits per heavy atom. The topological polar surface area (TPSA) is 109 Å². The number of hydrogen-bond donors (Lipinski definition) is 2. The predicted octanol–water partition coefficient (Wildman–Crippen LogP) is 1.63. The molecule has 0 saturated carbocycles. The molecule has 0 radical (unpaired) electrons. The van der Waals surface area contributed by atoms with Crippen LogP contribution in [0.5, 0.6) is 5.75 Å². The summed E-state index contributed by atoms with van der Waals surface area (Å²) >= 11 is 0. The number of hydrogen-bond acceptors (Lipinski definition) is 7. The molecular formula is C22H24N2O6S. The number of ether oxygens (including phenoxy) is 2. The zero-order valence-corrected chi connectivity index (χ0v) is 17.9. The molecule has 4 rings (SSSR count). The molecule has 1 aliphatic carbocycles. The quantitative estimate of drug-likeness (QED) is 0.697. The summed E-state index contributed by atoms with van der Waals surface area (Å²) in [5, 5.41) is 20.7. The van der Waals surface area contributed by atoms with Gasteiger partial charge in [0, 0.05) is 24.2 Å². The van der Waals surface area contributed by atoms with Gasteiger partial charge in [-0.2, -0.15) is 12.8 Å². The monoisotopic (exact) mass is 444 g/mol. The number of fused-ring (bicyclic) bond motifs is 3. The highest BCUT2D eigenvalue weighted by molar-refractivity contribution is 7.90. The van der Waals surface area contributed by atoms with Gasteiger partial charge < -0.3 is 24.6 Å². The number of aliphatic hydroxyl groups is 2. The lowest BCUT2D eigenvalue weighted by molar-refractivity contribution is -0.219. The Hall–Kier alpha value is -2.72. The normalized spacial score (nSPS) is 22.0. The first kappa shape index (κ1) is 21.5. The third-order valence-corrected chi connectivity index (χ3v) is 6.53. The standard InChI is InChI=1S/C22H24N2O6S/c1-2-29-16-7-9-17(10-8-16)31(27,28)23-20-15-21-22(26,19-6-4-3-5-18(19)20)30-14-12-24(21)11-13-25/h3-10,15,25-26H,2,11-14H2,1H3. The van der Waals surface area contributed by atoms with E-state index in [2.05, 4.69) is 4.40 Å². The first-order valence-electron chi connectivity index (χ1n) is 10.0. The van der Waals surface area contributed by atoms with E-state index in [9.17, 15) is 18.6 Å². The number of morpholine rings is 1. The molecule has 164 valence electrons. The summed E-state index contributed by atoms with van der Waals surface area (Å²) in [5.41, 5.74) is 1.43. The Kier molecular flexibility index (Phi) is 5.85. The number of aliphatic hydroxyl groups excluding tert-OH is 1. The van der Waals surface area contributed by atoms with Crippen LogP contribution in [0.4, 0.5) is 0 Å². The SMILES string of the molecule is CCOc1ccc(S(=O)(=O)N=C2C=C3N(CCO)CCOC3(O)c3ccccc32)cc1. The molecule has 2 aliphatic rings. The number of β-amino-alcohol motifs (C(OH)–C–C–N with tert-alkyl or cyclic N) is 1. The lowest BCUT2D eigenvalue weighted by Gasteiger charge is -2.45. The summed E-state index contributed by atoms with van der Waals surface area (Å²) in [4.78, 5) is 1.81. The van der Waals surface area contributed by atoms with Gasteiger partial charge >= 0.3 is 0 Å². The Morgan fingerprint density at radius 1 is 1.19 bits per heavy atom. The summed E-state index contributed by atoms with van der Waals surface area (Å²) < 4.78 is 41.2. The van der Waals surface area contributed by atoms with Crippen molar-refractivity contribution in [2.45, 2.75) is 17.6 Å². The van der Waals surface area contributed by atoms with Crippen molar-refractivity contribution in [2.75, 3.05) is 32.9 Å². The Bertz CT molecular complexity index is 1120. The smallest absolute Gasteiger partial charge is 0.282 e. The van der Waals surface area contributed by atoms with Gasteiger partial charge in [0.15, 0.2) is 0 Å². The highest BCUT2D eigenvalue weighted by Gasteiger charge is 2.46. The van der Waals surface area contributed by atoms with E-state index in [0.717, 1.165) is 0 Å². The Morgan fingerprint density at radius 2 is 1.94 bits per heavy atom. The summed E-state index contributed by atoms with van der Waals surface area (Å²) in [7, 11) is -4.02. The lowest BCUT2D eigenvalue weighted by atomic mass is 9.86. The molecule has 1 aliphatic heterocycles. The molecule has 2 aromatic rings. The molecule has 9 heteroatoms. The third kappa shape index (κ3) is 3.97. The molecule has 0 bridgehead atoms. The van der Waals surface area contributed by atoms with Gasteiger partial charge in [0.1, 0.15) is 5.75 Å². The lowest BCUT2D eigenvalue weighted by Crippen LogP contribution is -2.50. The number of nitrogens with zero attached hydrogens (tertiary/aromatic N) is 2. The number of sulfonamides is 1. The van der Waals surface area contributed by atoms with Gasteiger partial charge in [-0.05, 0) is 37.3 Å². The summed E-state index contributed by atoms with van der Waals surface area (Å²) in [6.45, 7) is 3.20. The fraction of sp³-hybridized carbons (Fsp3) is 0.318. The van der Waals surface area contributed by atoms with E-state index in [1.54, 1.807) is 41.3 Å². The van der Waals surface area contributed by atoms with Crippen molar-refractivity contribution < 1.29 is 28.1 Å². The molecule has 1 atom stereocenters. The molecule has 1 unspecified atom stereocenters. The summed E-state index contributed by atoms with van der Waals surface area (Å²) in [6.07, 6.45) is 1.52. The Balaban J connectivity index is 1.82. The minimum absolute atomic E-state index is 0.0345. The van der Waals surface area contributed by atoms with Crippen molar-refractivity contribution in [1.29, 1.82) is 0 Å². The van der Waals surface area contributed by atoms with Gasteiger partial charge in [0.2, 0.25) is 5.79 Å². The highest BCUT2D eigenvalue weighted by atomic mass is 32.2. The molecule has 0 spiro atoms. The van der Waals surface area contributed by atoms with Crippen LogP contribution in [-0.2, 0) is 20.5 Å². The maximum absolute atomic E-state index is 13.0. The summed E-state index contributed by atoms with van der Waals surface area (Å²) in [5.74, 6) is -1.16. The second kappa shape index (κ2) is 8.43. The van der Waals surface area contributed by atoms with Crippen LogP contribution in [0.3, 0.4) is 0 Å². The van der Waals surface area contributed by atoms with Crippen LogP contribution in [0.25, 0.3) is 0 Å².